The van der Waals surface area contributed by atoms with Crippen molar-refractivity contribution >= 4 is 17.5 Å². The molecule has 0 bridgehead atoms. The summed E-state index contributed by atoms with van der Waals surface area (Å²) in [5.74, 6) is 1.98. The summed E-state index contributed by atoms with van der Waals surface area (Å²) in [6, 6.07) is 5.62. The molecule has 4 heteroatoms. The minimum atomic E-state index is -0.317. The quantitative estimate of drug-likeness (QED) is 0.536. The second-order valence-electron chi connectivity index (χ2n) is 3.09. The third-order valence-corrected chi connectivity index (χ3v) is 1.65. The normalized spacial score (nSPS) is 9.00. The molecule has 0 saturated heterocycles. The Morgan fingerprint density at radius 1 is 1.40 bits per heavy atom. The van der Waals surface area contributed by atoms with Crippen molar-refractivity contribution < 1.29 is 9.18 Å². The average Bonchev–Trinajstić information content (AvgIpc) is 2.20. The maximum absolute atomic E-state index is 12.5. The van der Waals surface area contributed by atoms with Crippen LogP contribution in [-0.4, -0.2) is 30.8 Å². The number of nitrogens with zero attached hydrogens (tertiary/aromatic N) is 2. The zero-order valence-electron chi connectivity index (χ0n) is 8.57. The summed E-state index contributed by atoms with van der Waals surface area (Å²) in [5, 5.41) is 0. The number of benzene rings is 1. The predicted octanol–water partition coefficient (Wildman–Crippen LogP) is 1.77. The van der Waals surface area contributed by atoms with Gasteiger partial charge in [-0.25, -0.2) is 9.38 Å². The van der Waals surface area contributed by atoms with Crippen molar-refractivity contribution in [2.24, 2.45) is 4.99 Å². The highest BCUT2D eigenvalue weighted by Crippen LogP contribution is 2.10. The molecule has 0 heterocycles. The molecule has 15 heavy (non-hydrogen) atoms. The highest BCUT2D eigenvalue weighted by molar-refractivity contribution is 5.95. The molecule has 0 radical (unpaired) electrons. The van der Waals surface area contributed by atoms with Crippen LogP contribution in [0.15, 0.2) is 35.3 Å². The zero-order valence-corrected chi connectivity index (χ0v) is 8.57. The van der Waals surface area contributed by atoms with E-state index < -0.39 is 0 Å². The van der Waals surface area contributed by atoms with Crippen molar-refractivity contribution in [2.45, 2.75) is 0 Å². The third kappa shape index (κ3) is 3.75. The molecule has 1 rings (SSSR count). The number of carbonyl (C=O) groups excluding carboxylic acids is 1. The van der Waals surface area contributed by atoms with Crippen molar-refractivity contribution in [3.05, 3.63) is 36.2 Å². The Morgan fingerprint density at radius 3 is 2.53 bits per heavy atom. The molecule has 0 aliphatic rings. The minimum Gasteiger partial charge on any atom is -0.345 e. The van der Waals surface area contributed by atoms with Crippen LogP contribution >= 0.6 is 0 Å². The van der Waals surface area contributed by atoms with E-state index in [9.17, 15) is 9.18 Å². The Morgan fingerprint density at radius 2 is 2.00 bits per heavy atom. The van der Waals surface area contributed by atoms with Crippen LogP contribution in [0.1, 0.15) is 0 Å². The SMILES string of the molecule is CN(C)C(=O)C=C=Nc1ccc(F)cc1. The number of hydrogen-bond acceptors (Lipinski definition) is 2. The Balaban J connectivity index is 2.73. The predicted molar refractivity (Wildman–Crippen MR) is 56.8 cm³/mol. The zero-order chi connectivity index (χ0) is 11.3. The first-order valence-corrected chi connectivity index (χ1v) is 4.36. The second kappa shape index (κ2) is 5.08. The van der Waals surface area contributed by atoms with Gasteiger partial charge >= 0.3 is 0 Å². The lowest BCUT2D eigenvalue weighted by atomic mass is 10.3. The maximum atomic E-state index is 12.5. The molecule has 1 amide bonds. The lowest BCUT2D eigenvalue weighted by Gasteiger charge is -2.03. The van der Waals surface area contributed by atoms with Gasteiger partial charge in [-0.05, 0) is 30.1 Å². The van der Waals surface area contributed by atoms with Gasteiger partial charge in [0.1, 0.15) is 5.82 Å². The first-order valence-electron chi connectivity index (χ1n) is 4.36. The standard InChI is InChI=1S/C11H11FN2O/c1-14(2)11(15)7-8-13-10-5-3-9(12)4-6-10/h3-7H,1-2H3. The van der Waals surface area contributed by atoms with Gasteiger partial charge < -0.3 is 4.90 Å². The summed E-state index contributed by atoms with van der Waals surface area (Å²) in [6.45, 7) is 0. The van der Waals surface area contributed by atoms with Crippen LogP contribution in [0.3, 0.4) is 0 Å². The Hall–Kier alpha value is -1.93. The molecule has 0 spiro atoms. The lowest BCUT2D eigenvalue weighted by Crippen LogP contribution is -2.18. The van der Waals surface area contributed by atoms with Gasteiger partial charge in [0.15, 0.2) is 0 Å². The van der Waals surface area contributed by atoms with Gasteiger partial charge in [0.25, 0.3) is 5.91 Å². The molecule has 1 aromatic carbocycles. The van der Waals surface area contributed by atoms with Crippen molar-refractivity contribution in [1.29, 1.82) is 0 Å². The first kappa shape index (κ1) is 11.1. The minimum absolute atomic E-state index is 0.194. The highest BCUT2D eigenvalue weighted by atomic mass is 19.1. The number of amides is 1. The Labute approximate surface area is 87.5 Å². The van der Waals surface area contributed by atoms with Gasteiger partial charge in [0.2, 0.25) is 0 Å². The molecule has 0 N–H and O–H groups in total. The van der Waals surface area contributed by atoms with E-state index in [-0.39, 0.29) is 11.7 Å². The van der Waals surface area contributed by atoms with E-state index in [2.05, 4.69) is 10.9 Å². The summed E-state index contributed by atoms with van der Waals surface area (Å²) < 4.78 is 12.5. The molecule has 0 aromatic heterocycles. The number of halogens is 1. The largest absolute Gasteiger partial charge is 0.345 e. The molecule has 1 aromatic rings. The van der Waals surface area contributed by atoms with E-state index in [4.69, 9.17) is 0 Å². The second-order valence-corrected chi connectivity index (χ2v) is 3.09. The summed E-state index contributed by atoms with van der Waals surface area (Å²) in [4.78, 5) is 16.3. The van der Waals surface area contributed by atoms with E-state index in [1.165, 1.54) is 35.2 Å². The molecule has 0 aliphatic carbocycles. The van der Waals surface area contributed by atoms with Crippen molar-refractivity contribution in [2.75, 3.05) is 14.1 Å². The average molecular weight is 206 g/mol. The molecule has 0 saturated carbocycles. The molecule has 0 aliphatic heterocycles. The van der Waals surface area contributed by atoms with Crippen LogP contribution in [0.2, 0.25) is 0 Å². The maximum Gasteiger partial charge on any atom is 0.255 e. The fraction of sp³-hybridized carbons (Fsp3) is 0.182. The van der Waals surface area contributed by atoms with Crippen LogP contribution in [0, 0.1) is 5.82 Å². The van der Waals surface area contributed by atoms with E-state index >= 15 is 0 Å². The third-order valence-electron chi connectivity index (χ3n) is 1.65. The van der Waals surface area contributed by atoms with Crippen molar-refractivity contribution in [3.63, 3.8) is 0 Å². The number of aliphatic imine (C=N–C) groups is 1. The van der Waals surface area contributed by atoms with Gasteiger partial charge in [-0.15, -0.1) is 0 Å². The van der Waals surface area contributed by atoms with Gasteiger partial charge in [-0.2, -0.15) is 0 Å². The fourth-order valence-corrected chi connectivity index (χ4v) is 0.807. The van der Waals surface area contributed by atoms with E-state index in [1.807, 2.05) is 0 Å². The monoisotopic (exact) mass is 206 g/mol. The van der Waals surface area contributed by atoms with Crippen LogP contribution in [-0.2, 0) is 4.79 Å². The van der Waals surface area contributed by atoms with Crippen molar-refractivity contribution in [1.82, 2.24) is 4.90 Å². The van der Waals surface area contributed by atoms with E-state index in [1.54, 1.807) is 14.1 Å². The molecule has 0 fully saturated rings. The van der Waals surface area contributed by atoms with Crippen LogP contribution in [0.25, 0.3) is 0 Å². The molecule has 0 atom stereocenters. The van der Waals surface area contributed by atoms with Crippen molar-refractivity contribution in [3.8, 4) is 0 Å². The topological polar surface area (TPSA) is 32.7 Å². The Bertz CT molecular complexity index is 403. The van der Waals surface area contributed by atoms with Crippen LogP contribution < -0.4 is 0 Å². The molecule has 0 unspecified atom stereocenters. The Kier molecular flexibility index (Phi) is 3.77. The molecular weight excluding hydrogens is 195 g/mol. The first-order chi connectivity index (χ1) is 7.09. The van der Waals surface area contributed by atoms with Gasteiger partial charge in [-0.1, -0.05) is 0 Å². The molecule has 3 nitrogen and oxygen atoms in total. The van der Waals surface area contributed by atoms with E-state index in [0.29, 0.717) is 5.69 Å². The summed E-state index contributed by atoms with van der Waals surface area (Å²) >= 11 is 0. The molecule has 78 valence electrons. The summed E-state index contributed by atoms with van der Waals surface area (Å²) in [5.41, 5.74) is 0.555. The van der Waals surface area contributed by atoms with Gasteiger partial charge in [0, 0.05) is 14.1 Å². The van der Waals surface area contributed by atoms with Gasteiger partial charge in [-0.3, -0.25) is 4.79 Å². The van der Waals surface area contributed by atoms with Gasteiger partial charge in [0.05, 0.1) is 11.8 Å². The summed E-state index contributed by atoms with van der Waals surface area (Å²) in [6.07, 6.45) is 1.23. The number of carbonyl (C=O) groups is 1. The fourth-order valence-electron chi connectivity index (χ4n) is 0.807. The number of rotatable bonds is 2. The summed E-state index contributed by atoms with van der Waals surface area (Å²) in [7, 11) is 3.27. The van der Waals surface area contributed by atoms with Crippen LogP contribution in [0.5, 0.6) is 0 Å². The van der Waals surface area contributed by atoms with E-state index in [0.717, 1.165) is 0 Å². The lowest BCUT2D eigenvalue weighted by molar-refractivity contribution is -0.123. The molecular formula is C11H11FN2O. The number of likely N-dealkylation sites (N-methyl/N-ethyl adjacent to an activating group) is 1. The number of hydrogen-bond donors (Lipinski definition) is 0. The van der Waals surface area contributed by atoms with Crippen LogP contribution in [0.4, 0.5) is 10.1 Å². The smallest absolute Gasteiger partial charge is 0.255 e. The highest BCUT2D eigenvalue weighted by Gasteiger charge is 1.95.